The van der Waals surface area contributed by atoms with Gasteiger partial charge in [0, 0.05) is 60.0 Å². The molecule has 0 saturated heterocycles. The van der Waals surface area contributed by atoms with Gasteiger partial charge in [0.05, 0.1) is 12.6 Å². The Hall–Kier alpha value is -4.69. The average Bonchev–Trinajstić information content (AvgIpc) is 3.70. The monoisotopic (exact) mass is 531 g/mol. The molecule has 0 aliphatic rings. The Morgan fingerprint density at radius 1 is 0.825 bits per heavy atom. The summed E-state index contributed by atoms with van der Waals surface area (Å²) in [6.07, 6.45) is 6.47. The largest absolute Gasteiger partial charge is 0.361 e. The number of carbonyl (C=O) groups is 1. The van der Waals surface area contributed by atoms with E-state index in [1.54, 1.807) is 0 Å². The van der Waals surface area contributed by atoms with Crippen LogP contribution in [0.3, 0.4) is 0 Å². The number of nitrogens with two attached hydrogens (primary N) is 1. The van der Waals surface area contributed by atoms with Crippen molar-refractivity contribution in [3.8, 4) is 0 Å². The van der Waals surface area contributed by atoms with Crippen LogP contribution in [0, 0.1) is 0 Å². The zero-order valence-electron chi connectivity index (χ0n) is 22.3. The maximum atomic E-state index is 12.8. The summed E-state index contributed by atoms with van der Waals surface area (Å²) >= 11 is 0. The molecule has 8 heteroatoms. The zero-order valence-corrected chi connectivity index (χ0v) is 22.3. The third kappa shape index (κ3) is 5.39. The zero-order chi connectivity index (χ0) is 27.3. The minimum Gasteiger partial charge on any atom is -0.361 e. The molecule has 3 aromatic carbocycles. The van der Waals surface area contributed by atoms with Crippen LogP contribution in [0.15, 0.2) is 91.3 Å². The summed E-state index contributed by atoms with van der Waals surface area (Å²) in [5.74, 6) is 1.54. The standard InChI is InChI=1S/C32H33N7O/c33-17-16-31(40)36-29(18-24-20-35-28-13-7-5-11-26(24)28)32-38-37-30(39(32)21-22-8-2-1-3-9-22)15-14-23-19-34-27-12-6-4-10-25(23)27/h1-13,19-20,29,34-35H,14-18,21,33H2,(H,36,40)/t29-/m1/s1. The lowest BCUT2D eigenvalue weighted by Gasteiger charge is -2.20. The molecule has 40 heavy (non-hydrogen) atoms. The number of nitrogens with zero attached hydrogens (tertiary/aromatic N) is 3. The lowest BCUT2D eigenvalue weighted by atomic mass is 10.0. The molecule has 0 saturated carbocycles. The molecule has 5 N–H and O–H groups in total. The van der Waals surface area contributed by atoms with Crippen molar-refractivity contribution in [3.63, 3.8) is 0 Å². The van der Waals surface area contributed by atoms with Crippen LogP contribution in [-0.4, -0.2) is 37.2 Å². The minimum atomic E-state index is -0.365. The number of rotatable bonds is 11. The SMILES string of the molecule is NCCC(=O)N[C@H](Cc1c[nH]c2ccccc12)c1nnc(CCc2c[nH]c3ccccc23)n1Cc1ccccc1. The number of aromatic nitrogens is 5. The number of H-pyrrole nitrogens is 2. The van der Waals surface area contributed by atoms with Gasteiger partial charge in [-0.05, 0) is 35.2 Å². The highest BCUT2D eigenvalue weighted by Gasteiger charge is 2.25. The van der Waals surface area contributed by atoms with E-state index >= 15 is 0 Å². The third-order valence-corrected chi connectivity index (χ3v) is 7.45. The minimum absolute atomic E-state index is 0.0954. The fourth-order valence-electron chi connectivity index (χ4n) is 5.44. The number of fused-ring (bicyclic) bond motifs is 2. The Labute approximate surface area is 232 Å². The predicted molar refractivity (Wildman–Crippen MR) is 158 cm³/mol. The molecule has 202 valence electrons. The van der Waals surface area contributed by atoms with E-state index in [1.807, 2.05) is 42.6 Å². The summed E-state index contributed by atoms with van der Waals surface area (Å²) in [7, 11) is 0. The Morgan fingerprint density at radius 3 is 2.20 bits per heavy atom. The summed E-state index contributed by atoms with van der Waals surface area (Å²) in [5, 5.41) is 14.9. The molecule has 6 rings (SSSR count). The molecular weight excluding hydrogens is 498 g/mol. The van der Waals surface area contributed by atoms with Gasteiger partial charge < -0.3 is 25.6 Å². The number of aryl methyl sites for hydroxylation is 2. The van der Waals surface area contributed by atoms with E-state index < -0.39 is 0 Å². The second kappa shape index (κ2) is 11.6. The number of nitrogens with one attached hydrogen (secondary N) is 3. The molecule has 0 spiro atoms. The molecule has 0 bridgehead atoms. The van der Waals surface area contributed by atoms with Gasteiger partial charge in [0.2, 0.25) is 5.91 Å². The van der Waals surface area contributed by atoms with Gasteiger partial charge in [-0.3, -0.25) is 4.79 Å². The number of para-hydroxylation sites is 2. The molecule has 0 radical (unpaired) electrons. The third-order valence-electron chi connectivity index (χ3n) is 7.45. The highest BCUT2D eigenvalue weighted by atomic mass is 16.1. The molecule has 3 heterocycles. The molecule has 0 aliphatic carbocycles. The first kappa shape index (κ1) is 25.6. The Balaban J connectivity index is 1.36. The van der Waals surface area contributed by atoms with E-state index in [-0.39, 0.29) is 24.9 Å². The van der Waals surface area contributed by atoms with Crippen LogP contribution in [0.4, 0.5) is 0 Å². The molecule has 3 aromatic heterocycles. The van der Waals surface area contributed by atoms with Crippen LogP contribution in [0.25, 0.3) is 21.8 Å². The van der Waals surface area contributed by atoms with Crippen molar-refractivity contribution < 1.29 is 4.79 Å². The maximum absolute atomic E-state index is 12.8. The van der Waals surface area contributed by atoms with E-state index in [1.165, 1.54) is 10.9 Å². The normalized spacial score (nSPS) is 12.2. The molecule has 1 amide bonds. The number of amides is 1. The van der Waals surface area contributed by atoms with Crippen LogP contribution in [0.5, 0.6) is 0 Å². The van der Waals surface area contributed by atoms with Gasteiger partial charge in [0.25, 0.3) is 0 Å². The summed E-state index contributed by atoms with van der Waals surface area (Å²) in [4.78, 5) is 19.6. The first-order valence-electron chi connectivity index (χ1n) is 13.7. The average molecular weight is 532 g/mol. The fraction of sp³-hybridized carbons (Fsp3) is 0.219. The first-order chi connectivity index (χ1) is 19.7. The molecule has 0 fully saturated rings. The summed E-state index contributed by atoms with van der Waals surface area (Å²) < 4.78 is 2.17. The van der Waals surface area contributed by atoms with Crippen molar-refractivity contribution in [2.45, 2.75) is 38.3 Å². The van der Waals surface area contributed by atoms with Crippen molar-refractivity contribution in [2.24, 2.45) is 5.73 Å². The quantitative estimate of drug-likeness (QED) is 0.192. The molecule has 8 nitrogen and oxygen atoms in total. The molecule has 1 atom stereocenters. The van der Waals surface area contributed by atoms with E-state index in [4.69, 9.17) is 10.8 Å². The van der Waals surface area contributed by atoms with Crippen molar-refractivity contribution >= 4 is 27.7 Å². The van der Waals surface area contributed by atoms with Gasteiger partial charge in [-0.1, -0.05) is 66.7 Å². The topological polar surface area (TPSA) is 117 Å². The fourth-order valence-corrected chi connectivity index (χ4v) is 5.44. The lowest BCUT2D eigenvalue weighted by Crippen LogP contribution is -2.33. The maximum Gasteiger partial charge on any atom is 0.221 e. The number of hydrogen-bond donors (Lipinski definition) is 4. The number of benzene rings is 3. The molecular formula is C32H33N7O. The Bertz CT molecular complexity index is 1730. The van der Waals surface area contributed by atoms with E-state index in [9.17, 15) is 4.79 Å². The summed E-state index contributed by atoms with van der Waals surface area (Å²) in [5.41, 5.74) is 11.4. The van der Waals surface area contributed by atoms with Crippen LogP contribution < -0.4 is 11.1 Å². The number of hydrogen-bond acceptors (Lipinski definition) is 4. The first-order valence-corrected chi connectivity index (χ1v) is 13.7. The van der Waals surface area contributed by atoms with Gasteiger partial charge >= 0.3 is 0 Å². The molecule has 0 aliphatic heterocycles. The van der Waals surface area contributed by atoms with Gasteiger partial charge in [0.1, 0.15) is 5.82 Å². The smallest absolute Gasteiger partial charge is 0.221 e. The predicted octanol–water partition coefficient (Wildman–Crippen LogP) is 4.82. The van der Waals surface area contributed by atoms with Crippen LogP contribution in [-0.2, 0) is 30.6 Å². The van der Waals surface area contributed by atoms with E-state index in [2.05, 4.69) is 73.6 Å². The van der Waals surface area contributed by atoms with Crippen LogP contribution >= 0.6 is 0 Å². The van der Waals surface area contributed by atoms with Gasteiger partial charge in [-0.2, -0.15) is 0 Å². The van der Waals surface area contributed by atoms with E-state index in [0.717, 1.165) is 52.0 Å². The van der Waals surface area contributed by atoms with Crippen molar-refractivity contribution in [1.82, 2.24) is 30.0 Å². The van der Waals surface area contributed by atoms with Crippen LogP contribution in [0.2, 0.25) is 0 Å². The van der Waals surface area contributed by atoms with Crippen LogP contribution in [0.1, 0.15) is 40.8 Å². The second-order valence-corrected chi connectivity index (χ2v) is 10.1. The van der Waals surface area contributed by atoms with Crippen molar-refractivity contribution in [1.29, 1.82) is 0 Å². The lowest BCUT2D eigenvalue weighted by molar-refractivity contribution is -0.121. The second-order valence-electron chi connectivity index (χ2n) is 10.1. The highest BCUT2D eigenvalue weighted by molar-refractivity contribution is 5.84. The summed E-state index contributed by atoms with van der Waals surface area (Å²) in [6.45, 7) is 0.905. The number of carbonyl (C=O) groups excluding carboxylic acids is 1. The number of aromatic amines is 2. The Kier molecular flexibility index (Phi) is 7.41. The summed E-state index contributed by atoms with van der Waals surface area (Å²) in [6, 6.07) is 26.5. The molecule has 6 aromatic rings. The van der Waals surface area contributed by atoms with E-state index in [0.29, 0.717) is 13.0 Å². The van der Waals surface area contributed by atoms with Gasteiger partial charge in [0.15, 0.2) is 5.82 Å². The highest BCUT2D eigenvalue weighted by Crippen LogP contribution is 2.26. The Morgan fingerprint density at radius 2 is 1.48 bits per heavy atom. The van der Waals surface area contributed by atoms with Gasteiger partial charge in [-0.15, -0.1) is 10.2 Å². The van der Waals surface area contributed by atoms with Gasteiger partial charge in [-0.25, -0.2) is 0 Å². The molecule has 0 unspecified atom stereocenters. The van der Waals surface area contributed by atoms with Crippen molar-refractivity contribution in [2.75, 3.05) is 6.54 Å². The van der Waals surface area contributed by atoms with Crippen molar-refractivity contribution in [3.05, 3.63) is 120 Å².